The molecule has 0 aromatic carbocycles. The first kappa shape index (κ1) is 7.61. The summed E-state index contributed by atoms with van der Waals surface area (Å²) >= 11 is 0. The molecule has 0 unspecified atom stereocenters. The molecule has 0 amide bonds. The summed E-state index contributed by atoms with van der Waals surface area (Å²) in [6, 6.07) is 0. The maximum atomic E-state index is 9.32. The van der Waals surface area contributed by atoms with E-state index < -0.39 is 0 Å². The molecule has 1 aliphatic heterocycles. The molecule has 58 valence electrons. The molecule has 0 bridgehead atoms. The quantitative estimate of drug-likeness (QED) is 0.632. The van der Waals surface area contributed by atoms with Gasteiger partial charge < -0.3 is 9.84 Å². The van der Waals surface area contributed by atoms with Gasteiger partial charge in [0.1, 0.15) is 6.10 Å². The molecule has 0 saturated carbocycles. The lowest BCUT2D eigenvalue weighted by molar-refractivity contribution is -0.00314. The molecule has 1 aliphatic rings. The number of ether oxygens (including phenoxy) is 1. The van der Waals surface area contributed by atoms with Gasteiger partial charge in [0.05, 0.1) is 12.4 Å². The minimum absolute atomic E-state index is 0.0370. The monoisotopic (exact) mass is 142 g/mol. The van der Waals surface area contributed by atoms with E-state index in [2.05, 4.69) is 0 Å². The van der Waals surface area contributed by atoms with Crippen LogP contribution in [0.3, 0.4) is 0 Å². The van der Waals surface area contributed by atoms with Gasteiger partial charge in [-0.1, -0.05) is 6.92 Å². The molecule has 2 nitrogen and oxygen atoms in total. The summed E-state index contributed by atoms with van der Waals surface area (Å²) in [4.78, 5) is 0. The lowest BCUT2D eigenvalue weighted by atomic mass is 10.1. The zero-order chi connectivity index (χ0) is 7.40. The van der Waals surface area contributed by atoms with Crippen LogP contribution in [-0.2, 0) is 4.74 Å². The molecule has 2 atom stereocenters. The third-order valence-electron chi connectivity index (χ3n) is 1.81. The Hall–Kier alpha value is -0.500. The number of aliphatic hydroxyl groups excluding tert-OH is 1. The van der Waals surface area contributed by atoms with Crippen molar-refractivity contribution in [3.63, 3.8) is 0 Å². The maximum Gasteiger partial charge on any atom is 0.124 e. The zero-order valence-electron chi connectivity index (χ0n) is 6.29. The molecular formula is C8H14O2. The molecule has 0 aliphatic carbocycles. The van der Waals surface area contributed by atoms with Gasteiger partial charge in [0.15, 0.2) is 0 Å². The van der Waals surface area contributed by atoms with Crippen LogP contribution in [0.25, 0.3) is 0 Å². The minimum atomic E-state index is -0.287. The average Bonchev–Trinajstić information content (AvgIpc) is 2.05. The van der Waals surface area contributed by atoms with E-state index >= 15 is 0 Å². The summed E-state index contributed by atoms with van der Waals surface area (Å²) in [6.07, 6.45) is 6.18. The molecule has 0 radical (unpaired) electrons. The van der Waals surface area contributed by atoms with Gasteiger partial charge in [-0.05, 0) is 25.3 Å². The van der Waals surface area contributed by atoms with Crippen molar-refractivity contribution in [2.75, 3.05) is 0 Å². The van der Waals surface area contributed by atoms with E-state index in [0.717, 1.165) is 19.3 Å². The minimum Gasteiger partial charge on any atom is -0.496 e. The van der Waals surface area contributed by atoms with Gasteiger partial charge in [-0.25, -0.2) is 0 Å². The smallest absolute Gasteiger partial charge is 0.124 e. The number of allylic oxidation sites excluding steroid dienone is 1. The summed E-state index contributed by atoms with van der Waals surface area (Å²) in [6.45, 7) is 1.96. The highest BCUT2D eigenvalue weighted by atomic mass is 16.5. The van der Waals surface area contributed by atoms with E-state index in [1.165, 1.54) is 0 Å². The van der Waals surface area contributed by atoms with E-state index in [9.17, 15) is 5.11 Å². The van der Waals surface area contributed by atoms with Gasteiger partial charge in [-0.2, -0.15) is 0 Å². The fourth-order valence-electron chi connectivity index (χ4n) is 1.10. The van der Waals surface area contributed by atoms with Crippen molar-refractivity contribution < 1.29 is 9.84 Å². The summed E-state index contributed by atoms with van der Waals surface area (Å²) in [5.74, 6) is 0. The lowest BCUT2D eigenvalue weighted by Crippen LogP contribution is -2.27. The van der Waals surface area contributed by atoms with Crippen LogP contribution in [0, 0.1) is 0 Å². The Morgan fingerprint density at radius 1 is 1.80 bits per heavy atom. The van der Waals surface area contributed by atoms with Crippen LogP contribution >= 0.6 is 0 Å². The van der Waals surface area contributed by atoms with Crippen molar-refractivity contribution in [2.24, 2.45) is 0 Å². The molecule has 10 heavy (non-hydrogen) atoms. The van der Waals surface area contributed by atoms with Crippen LogP contribution in [0.4, 0.5) is 0 Å². The van der Waals surface area contributed by atoms with E-state index in [1.807, 2.05) is 13.0 Å². The largest absolute Gasteiger partial charge is 0.496 e. The number of rotatable bonds is 2. The third-order valence-corrected chi connectivity index (χ3v) is 1.81. The molecule has 0 aromatic rings. The molecular weight excluding hydrogens is 128 g/mol. The first-order valence-electron chi connectivity index (χ1n) is 3.83. The van der Waals surface area contributed by atoms with Crippen LogP contribution in [0.15, 0.2) is 12.3 Å². The van der Waals surface area contributed by atoms with Crippen LogP contribution in [0.5, 0.6) is 0 Å². The Balaban J connectivity index is 2.33. The van der Waals surface area contributed by atoms with Crippen molar-refractivity contribution in [3.8, 4) is 0 Å². The Morgan fingerprint density at radius 2 is 2.60 bits per heavy atom. The Bertz CT molecular complexity index is 120. The molecule has 1 rings (SSSR count). The highest BCUT2D eigenvalue weighted by Crippen LogP contribution is 2.15. The highest BCUT2D eigenvalue weighted by molar-refractivity contribution is 4.84. The van der Waals surface area contributed by atoms with Gasteiger partial charge in [0.2, 0.25) is 0 Å². The fourth-order valence-corrected chi connectivity index (χ4v) is 1.10. The summed E-state index contributed by atoms with van der Waals surface area (Å²) in [5.41, 5.74) is 0. The van der Waals surface area contributed by atoms with E-state index in [0.29, 0.717) is 0 Å². The Kier molecular flexibility index (Phi) is 2.75. The van der Waals surface area contributed by atoms with E-state index in [1.54, 1.807) is 6.26 Å². The van der Waals surface area contributed by atoms with Gasteiger partial charge in [-0.3, -0.25) is 0 Å². The van der Waals surface area contributed by atoms with Crippen LogP contribution in [0.2, 0.25) is 0 Å². The number of hydrogen-bond donors (Lipinski definition) is 1. The molecule has 0 saturated heterocycles. The van der Waals surface area contributed by atoms with Gasteiger partial charge >= 0.3 is 0 Å². The predicted molar refractivity (Wildman–Crippen MR) is 39.5 cm³/mol. The normalized spacial score (nSPS) is 27.6. The second kappa shape index (κ2) is 3.62. The highest BCUT2D eigenvalue weighted by Gasteiger charge is 2.18. The van der Waals surface area contributed by atoms with Crippen molar-refractivity contribution >= 4 is 0 Å². The Labute approximate surface area is 61.5 Å². The van der Waals surface area contributed by atoms with Crippen LogP contribution < -0.4 is 0 Å². The average molecular weight is 142 g/mol. The van der Waals surface area contributed by atoms with Gasteiger partial charge in [0.25, 0.3) is 0 Å². The van der Waals surface area contributed by atoms with Crippen LogP contribution in [-0.4, -0.2) is 17.3 Å². The standard InChI is InChI=1S/C8H14O2/c1-2-7(9)8-5-3-4-6-10-8/h4,6-9H,2-3,5H2,1H3/t7-,8+/m1/s1. The fraction of sp³-hybridized carbons (Fsp3) is 0.750. The molecule has 0 fully saturated rings. The maximum absolute atomic E-state index is 9.32. The van der Waals surface area contributed by atoms with Crippen molar-refractivity contribution in [2.45, 2.75) is 38.4 Å². The first-order valence-corrected chi connectivity index (χ1v) is 3.83. The Morgan fingerprint density at radius 3 is 3.10 bits per heavy atom. The molecule has 2 heteroatoms. The van der Waals surface area contributed by atoms with Gasteiger partial charge in [0, 0.05) is 0 Å². The van der Waals surface area contributed by atoms with Crippen molar-refractivity contribution in [1.29, 1.82) is 0 Å². The second-order valence-electron chi connectivity index (χ2n) is 2.60. The van der Waals surface area contributed by atoms with Crippen molar-refractivity contribution in [1.82, 2.24) is 0 Å². The number of hydrogen-bond acceptors (Lipinski definition) is 2. The summed E-state index contributed by atoms with van der Waals surface area (Å²) in [7, 11) is 0. The summed E-state index contributed by atoms with van der Waals surface area (Å²) < 4.78 is 5.20. The third kappa shape index (κ3) is 1.74. The molecule has 0 aromatic heterocycles. The number of aliphatic hydroxyl groups is 1. The first-order chi connectivity index (χ1) is 4.84. The predicted octanol–water partition coefficient (Wildman–Crippen LogP) is 1.45. The molecule has 0 spiro atoms. The van der Waals surface area contributed by atoms with E-state index in [-0.39, 0.29) is 12.2 Å². The topological polar surface area (TPSA) is 29.5 Å². The molecule has 1 N–H and O–H groups in total. The molecule has 1 heterocycles. The SMILES string of the molecule is CC[C@@H](O)[C@@H]1CCC=CO1. The zero-order valence-corrected chi connectivity index (χ0v) is 6.29. The van der Waals surface area contributed by atoms with Gasteiger partial charge in [-0.15, -0.1) is 0 Å². The lowest BCUT2D eigenvalue weighted by Gasteiger charge is -2.23. The van der Waals surface area contributed by atoms with E-state index in [4.69, 9.17) is 4.74 Å². The second-order valence-corrected chi connectivity index (χ2v) is 2.60. The van der Waals surface area contributed by atoms with Crippen LogP contribution in [0.1, 0.15) is 26.2 Å². The summed E-state index contributed by atoms with van der Waals surface area (Å²) in [5, 5.41) is 9.32. The van der Waals surface area contributed by atoms with Crippen molar-refractivity contribution in [3.05, 3.63) is 12.3 Å².